The van der Waals surface area contributed by atoms with E-state index >= 15 is 0 Å². The van der Waals surface area contributed by atoms with Gasteiger partial charge in [-0.15, -0.1) is 0 Å². The summed E-state index contributed by atoms with van der Waals surface area (Å²) < 4.78 is 4.47. The van der Waals surface area contributed by atoms with Crippen LogP contribution >= 0.6 is 0 Å². The van der Waals surface area contributed by atoms with E-state index in [-0.39, 0.29) is 12.4 Å². The molecule has 0 spiro atoms. The van der Waals surface area contributed by atoms with Crippen LogP contribution in [0.4, 0.5) is 0 Å². The van der Waals surface area contributed by atoms with Crippen molar-refractivity contribution < 1.29 is 9.53 Å². The highest BCUT2D eigenvalue weighted by Gasteiger charge is 1.87. The molecule has 0 rings (SSSR count). The summed E-state index contributed by atoms with van der Waals surface area (Å²) in [6, 6.07) is 0. The molecule has 0 aromatic carbocycles. The van der Waals surface area contributed by atoms with Crippen LogP contribution in [0, 0.1) is 0 Å². The molecular formula is C5H8O2. The van der Waals surface area contributed by atoms with Gasteiger partial charge in [0, 0.05) is 7.11 Å². The summed E-state index contributed by atoms with van der Waals surface area (Å²) in [5, 5.41) is 0. The molecule has 0 bridgehead atoms. The smallest absolute Gasteiger partial charge is 0.180 e. The van der Waals surface area contributed by atoms with Gasteiger partial charge >= 0.3 is 0 Å². The monoisotopic (exact) mass is 100 g/mol. The molecule has 0 aliphatic carbocycles. The van der Waals surface area contributed by atoms with E-state index in [4.69, 9.17) is 0 Å². The Kier molecular flexibility index (Phi) is 3.24. The highest BCUT2D eigenvalue weighted by Crippen LogP contribution is 1.71. The number of carbonyl (C=O) groups is 1. The SMILES string of the molecule is C=CC(=O)COC. The molecule has 0 amide bonds. The first-order chi connectivity index (χ1) is 3.31. The van der Waals surface area contributed by atoms with Crippen LogP contribution in [0.2, 0.25) is 0 Å². The Morgan fingerprint density at radius 2 is 2.57 bits per heavy atom. The topological polar surface area (TPSA) is 26.3 Å². The summed E-state index contributed by atoms with van der Waals surface area (Å²) in [6.45, 7) is 3.39. The minimum absolute atomic E-state index is 0.0810. The first-order valence-corrected chi connectivity index (χ1v) is 1.95. The quantitative estimate of drug-likeness (QED) is 0.479. The zero-order valence-corrected chi connectivity index (χ0v) is 4.31. The van der Waals surface area contributed by atoms with Crippen LogP contribution in [0.25, 0.3) is 0 Å². The number of hydrogen-bond acceptors (Lipinski definition) is 2. The molecule has 0 atom stereocenters. The number of rotatable bonds is 3. The van der Waals surface area contributed by atoms with Crippen molar-refractivity contribution in [1.82, 2.24) is 0 Å². The van der Waals surface area contributed by atoms with Gasteiger partial charge in [0.2, 0.25) is 0 Å². The Labute approximate surface area is 42.8 Å². The Morgan fingerprint density at radius 3 is 2.71 bits per heavy atom. The third kappa shape index (κ3) is 3.19. The molecule has 0 aliphatic rings. The van der Waals surface area contributed by atoms with Gasteiger partial charge in [-0.3, -0.25) is 4.79 Å². The summed E-state index contributed by atoms with van der Waals surface area (Å²) in [6.07, 6.45) is 1.24. The van der Waals surface area contributed by atoms with E-state index in [0.29, 0.717) is 0 Å². The van der Waals surface area contributed by atoms with E-state index in [0.717, 1.165) is 0 Å². The zero-order valence-electron chi connectivity index (χ0n) is 4.31. The molecule has 0 unspecified atom stereocenters. The first kappa shape index (κ1) is 6.37. The van der Waals surface area contributed by atoms with Crippen molar-refractivity contribution in [2.45, 2.75) is 0 Å². The predicted molar refractivity (Wildman–Crippen MR) is 27.1 cm³/mol. The van der Waals surface area contributed by atoms with Crippen LogP contribution in [0.5, 0.6) is 0 Å². The van der Waals surface area contributed by atoms with Crippen LogP contribution in [-0.4, -0.2) is 19.5 Å². The number of ketones is 1. The maximum Gasteiger partial charge on any atom is 0.180 e. The molecule has 0 aromatic rings. The first-order valence-electron chi connectivity index (χ1n) is 1.95. The molecule has 0 aliphatic heterocycles. The Morgan fingerprint density at radius 1 is 2.00 bits per heavy atom. The van der Waals surface area contributed by atoms with Gasteiger partial charge in [-0.2, -0.15) is 0 Å². The Balaban J connectivity index is 3.17. The molecule has 0 saturated carbocycles. The van der Waals surface area contributed by atoms with Gasteiger partial charge in [-0.1, -0.05) is 6.58 Å². The van der Waals surface area contributed by atoms with Gasteiger partial charge < -0.3 is 4.74 Å². The van der Waals surface area contributed by atoms with E-state index in [2.05, 4.69) is 11.3 Å². The minimum atomic E-state index is -0.0810. The van der Waals surface area contributed by atoms with Gasteiger partial charge in [0.1, 0.15) is 6.61 Å². The van der Waals surface area contributed by atoms with E-state index in [1.807, 2.05) is 0 Å². The molecule has 0 heterocycles. The van der Waals surface area contributed by atoms with Crippen LogP contribution < -0.4 is 0 Å². The fourth-order valence-corrected chi connectivity index (χ4v) is 0.201. The summed E-state index contributed by atoms with van der Waals surface area (Å²) in [5.74, 6) is -0.0810. The van der Waals surface area contributed by atoms with Crippen molar-refractivity contribution in [3.63, 3.8) is 0 Å². The van der Waals surface area contributed by atoms with Gasteiger partial charge in [0.25, 0.3) is 0 Å². The van der Waals surface area contributed by atoms with Gasteiger partial charge in [-0.05, 0) is 6.08 Å². The molecular weight excluding hydrogens is 92.1 g/mol. The molecule has 0 N–H and O–H groups in total. The van der Waals surface area contributed by atoms with E-state index < -0.39 is 0 Å². The van der Waals surface area contributed by atoms with Crippen molar-refractivity contribution in [2.75, 3.05) is 13.7 Å². The Bertz CT molecular complexity index is 76.1. The second-order valence-electron chi connectivity index (χ2n) is 1.10. The van der Waals surface area contributed by atoms with Crippen molar-refractivity contribution in [3.05, 3.63) is 12.7 Å². The molecule has 40 valence electrons. The van der Waals surface area contributed by atoms with Gasteiger partial charge in [-0.25, -0.2) is 0 Å². The summed E-state index contributed by atoms with van der Waals surface area (Å²) in [5.41, 5.74) is 0. The lowest BCUT2D eigenvalue weighted by Gasteiger charge is -1.86. The van der Waals surface area contributed by atoms with Crippen LogP contribution in [0.15, 0.2) is 12.7 Å². The molecule has 2 nitrogen and oxygen atoms in total. The maximum atomic E-state index is 10.2. The average Bonchev–Trinajstić information content (AvgIpc) is 1.68. The van der Waals surface area contributed by atoms with Crippen molar-refractivity contribution in [1.29, 1.82) is 0 Å². The maximum absolute atomic E-state index is 10.2. The lowest BCUT2D eigenvalue weighted by atomic mass is 10.4. The van der Waals surface area contributed by atoms with Crippen molar-refractivity contribution >= 4 is 5.78 Å². The van der Waals surface area contributed by atoms with Crippen molar-refractivity contribution in [3.8, 4) is 0 Å². The zero-order chi connectivity index (χ0) is 5.70. The normalized spacial score (nSPS) is 8.14. The second kappa shape index (κ2) is 3.56. The second-order valence-corrected chi connectivity index (χ2v) is 1.10. The molecule has 2 heteroatoms. The van der Waals surface area contributed by atoms with E-state index in [9.17, 15) is 4.79 Å². The third-order valence-electron chi connectivity index (χ3n) is 0.514. The molecule has 0 fully saturated rings. The van der Waals surface area contributed by atoms with Crippen molar-refractivity contribution in [2.24, 2.45) is 0 Å². The predicted octanol–water partition coefficient (Wildman–Crippen LogP) is 0.388. The van der Waals surface area contributed by atoms with Gasteiger partial charge in [0.15, 0.2) is 5.78 Å². The molecule has 0 radical (unpaired) electrons. The summed E-state index contributed by atoms with van der Waals surface area (Å²) in [7, 11) is 1.47. The lowest BCUT2D eigenvalue weighted by Crippen LogP contribution is -2.00. The standard InChI is InChI=1S/C5H8O2/c1-3-5(6)4-7-2/h3H,1,4H2,2H3. The van der Waals surface area contributed by atoms with Crippen LogP contribution in [-0.2, 0) is 9.53 Å². The fourth-order valence-electron chi connectivity index (χ4n) is 0.201. The lowest BCUT2D eigenvalue weighted by molar-refractivity contribution is -0.117. The van der Waals surface area contributed by atoms with Crippen LogP contribution in [0.3, 0.4) is 0 Å². The van der Waals surface area contributed by atoms with Gasteiger partial charge in [0.05, 0.1) is 0 Å². The fraction of sp³-hybridized carbons (Fsp3) is 0.400. The molecule has 7 heavy (non-hydrogen) atoms. The van der Waals surface area contributed by atoms with Crippen LogP contribution in [0.1, 0.15) is 0 Å². The van der Waals surface area contributed by atoms with E-state index in [1.54, 1.807) is 0 Å². The summed E-state index contributed by atoms with van der Waals surface area (Å²) in [4.78, 5) is 10.2. The summed E-state index contributed by atoms with van der Waals surface area (Å²) >= 11 is 0. The molecule has 0 saturated heterocycles. The Hall–Kier alpha value is -0.630. The molecule has 0 aromatic heterocycles. The number of ether oxygens (including phenoxy) is 1. The largest absolute Gasteiger partial charge is 0.377 e. The third-order valence-corrected chi connectivity index (χ3v) is 0.514. The van der Waals surface area contributed by atoms with E-state index in [1.165, 1.54) is 13.2 Å². The average molecular weight is 100 g/mol. The minimum Gasteiger partial charge on any atom is -0.377 e. The highest BCUT2D eigenvalue weighted by atomic mass is 16.5. The number of hydrogen-bond donors (Lipinski definition) is 0. The number of methoxy groups -OCH3 is 1. The number of carbonyl (C=O) groups excluding carboxylic acids is 1. The highest BCUT2D eigenvalue weighted by molar-refractivity contribution is 5.90.